The normalized spacial score (nSPS) is 30.3. The Balaban J connectivity index is 1.56. The molecule has 0 bridgehead atoms. The van der Waals surface area contributed by atoms with Crippen molar-refractivity contribution in [3.63, 3.8) is 0 Å². The van der Waals surface area contributed by atoms with Gasteiger partial charge in [-0.3, -0.25) is 9.78 Å². The molecule has 1 aromatic rings. The lowest BCUT2D eigenvalue weighted by molar-refractivity contribution is -0.138. The number of hydrogen-bond donors (Lipinski definition) is 2. The van der Waals surface area contributed by atoms with E-state index in [4.69, 9.17) is 5.73 Å². The molecule has 2 aliphatic rings. The first-order valence-corrected chi connectivity index (χ1v) is 7.85. The minimum absolute atomic E-state index is 0.0342. The number of aromatic nitrogens is 1. The number of pyridine rings is 1. The van der Waals surface area contributed by atoms with Gasteiger partial charge < -0.3 is 11.1 Å². The molecule has 3 rings (SSSR count). The molecule has 3 N–H and O–H groups in total. The van der Waals surface area contributed by atoms with Crippen LogP contribution >= 0.6 is 0 Å². The third-order valence-electron chi connectivity index (χ3n) is 5.16. The Labute approximate surface area is 132 Å². The number of carbonyl (C=O) groups is 1. The Hall–Kier alpha value is -1.63. The van der Waals surface area contributed by atoms with Crippen molar-refractivity contribution in [2.24, 2.45) is 11.1 Å². The second-order valence-corrected chi connectivity index (χ2v) is 6.72. The van der Waals surface area contributed by atoms with Crippen LogP contribution in [0.4, 0.5) is 13.2 Å². The van der Waals surface area contributed by atoms with Gasteiger partial charge in [-0.2, -0.15) is 13.2 Å². The molecule has 2 fully saturated rings. The van der Waals surface area contributed by atoms with E-state index in [1.807, 2.05) is 0 Å². The molecular weight excluding hydrogens is 307 g/mol. The molecule has 1 aromatic heterocycles. The monoisotopic (exact) mass is 327 g/mol. The topological polar surface area (TPSA) is 68.0 Å². The van der Waals surface area contributed by atoms with Gasteiger partial charge in [-0.25, -0.2) is 0 Å². The summed E-state index contributed by atoms with van der Waals surface area (Å²) in [6, 6.07) is 1.22. The highest BCUT2D eigenvalue weighted by molar-refractivity contribution is 5.79. The first-order valence-electron chi connectivity index (χ1n) is 7.85. The molecule has 0 aliphatic heterocycles. The predicted molar refractivity (Wildman–Crippen MR) is 78.4 cm³/mol. The molecule has 1 heterocycles. The Morgan fingerprint density at radius 1 is 1.39 bits per heavy atom. The summed E-state index contributed by atoms with van der Waals surface area (Å²) in [5.74, 6) is -0.385. The zero-order valence-corrected chi connectivity index (χ0v) is 12.7. The van der Waals surface area contributed by atoms with Crippen molar-refractivity contribution < 1.29 is 18.0 Å². The van der Waals surface area contributed by atoms with Crippen molar-refractivity contribution in [3.8, 4) is 0 Å². The largest absolute Gasteiger partial charge is 0.416 e. The fraction of sp³-hybridized carbons (Fsp3) is 0.625. The van der Waals surface area contributed by atoms with Crippen molar-refractivity contribution in [2.75, 3.05) is 0 Å². The van der Waals surface area contributed by atoms with Gasteiger partial charge in [0.25, 0.3) is 0 Å². The molecule has 4 nitrogen and oxygen atoms in total. The van der Waals surface area contributed by atoms with Gasteiger partial charge in [-0.1, -0.05) is 0 Å². The number of nitrogens with one attached hydrogen (secondary N) is 1. The molecule has 1 unspecified atom stereocenters. The summed E-state index contributed by atoms with van der Waals surface area (Å²) in [5, 5.41) is 2.85. The number of rotatable bonds is 3. The van der Waals surface area contributed by atoms with Crippen LogP contribution in [0.5, 0.6) is 0 Å². The number of carbonyl (C=O) groups excluding carboxylic acids is 1. The molecule has 1 amide bonds. The summed E-state index contributed by atoms with van der Waals surface area (Å²) >= 11 is 0. The van der Waals surface area contributed by atoms with E-state index in [1.54, 1.807) is 0 Å². The predicted octanol–water partition coefficient (Wildman–Crippen LogP) is 2.42. The van der Waals surface area contributed by atoms with Crippen LogP contribution in [-0.2, 0) is 17.4 Å². The highest BCUT2D eigenvalue weighted by atomic mass is 19.4. The Bertz CT molecular complexity index is 594. The molecule has 1 atom stereocenters. The fourth-order valence-electron chi connectivity index (χ4n) is 3.59. The van der Waals surface area contributed by atoms with Crippen molar-refractivity contribution in [3.05, 3.63) is 29.6 Å². The lowest BCUT2D eigenvalue weighted by Gasteiger charge is -2.29. The lowest BCUT2D eigenvalue weighted by Crippen LogP contribution is -2.39. The highest BCUT2D eigenvalue weighted by Crippen LogP contribution is 2.54. The van der Waals surface area contributed by atoms with Crippen LogP contribution in [0.2, 0.25) is 0 Å². The van der Waals surface area contributed by atoms with Crippen LogP contribution in [0.3, 0.4) is 0 Å². The van der Waals surface area contributed by atoms with Gasteiger partial charge in [0.1, 0.15) is 0 Å². The number of halogens is 3. The van der Waals surface area contributed by atoms with Crippen LogP contribution in [0.15, 0.2) is 18.5 Å². The van der Waals surface area contributed by atoms with Crippen molar-refractivity contribution >= 4 is 5.91 Å². The number of hydrogen-bond acceptors (Lipinski definition) is 3. The van der Waals surface area contributed by atoms with E-state index < -0.39 is 11.7 Å². The summed E-state index contributed by atoms with van der Waals surface area (Å²) in [4.78, 5) is 15.8. The molecule has 2 aliphatic carbocycles. The van der Waals surface area contributed by atoms with Gasteiger partial charge in [-0.15, -0.1) is 0 Å². The maximum Gasteiger partial charge on any atom is 0.416 e. The van der Waals surface area contributed by atoms with Crippen LogP contribution in [-0.4, -0.2) is 23.0 Å². The van der Waals surface area contributed by atoms with Crippen LogP contribution < -0.4 is 11.1 Å². The highest BCUT2D eigenvalue weighted by Gasteiger charge is 2.52. The Morgan fingerprint density at radius 3 is 2.61 bits per heavy atom. The van der Waals surface area contributed by atoms with E-state index in [-0.39, 0.29) is 35.4 Å². The molecule has 1 spiro atoms. The molecule has 2 saturated carbocycles. The zero-order chi connectivity index (χ0) is 16.7. The standard InChI is InChI=1S/C16H20F3N3O/c17-16(18,19)12-3-6-21-9-10(12)7-14(23)22-11-1-4-15(5-2-11)8-13(15)20/h3,6,9,11,13H,1-2,4-5,7-8,20H2,(H,22,23). The number of nitrogens with zero attached hydrogens (tertiary/aromatic N) is 1. The van der Waals surface area contributed by atoms with Crippen LogP contribution in [0.1, 0.15) is 43.2 Å². The van der Waals surface area contributed by atoms with Gasteiger partial charge in [0, 0.05) is 24.5 Å². The van der Waals surface area contributed by atoms with Gasteiger partial charge in [0.05, 0.1) is 12.0 Å². The minimum atomic E-state index is -4.47. The molecule has 0 aromatic carbocycles. The van der Waals surface area contributed by atoms with E-state index in [2.05, 4.69) is 10.3 Å². The molecular formula is C16H20F3N3O. The lowest BCUT2D eigenvalue weighted by atomic mass is 9.83. The van der Waals surface area contributed by atoms with E-state index in [1.165, 1.54) is 0 Å². The van der Waals surface area contributed by atoms with Crippen molar-refractivity contribution in [1.29, 1.82) is 0 Å². The quantitative estimate of drug-likeness (QED) is 0.896. The molecule has 0 saturated heterocycles. The van der Waals surface area contributed by atoms with Crippen molar-refractivity contribution in [2.45, 2.75) is 56.8 Å². The smallest absolute Gasteiger partial charge is 0.353 e. The van der Waals surface area contributed by atoms with E-state index in [0.717, 1.165) is 50.6 Å². The van der Waals surface area contributed by atoms with E-state index in [9.17, 15) is 18.0 Å². The second kappa shape index (κ2) is 5.78. The summed E-state index contributed by atoms with van der Waals surface area (Å²) < 4.78 is 38.7. The number of alkyl halides is 3. The minimum Gasteiger partial charge on any atom is -0.353 e. The van der Waals surface area contributed by atoms with Crippen molar-refractivity contribution in [1.82, 2.24) is 10.3 Å². The SMILES string of the molecule is NC1CC12CCC(NC(=O)Cc1cnccc1C(F)(F)F)CC2. The average molecular weight is 327 g/mol. The maximum atomic E-state index is 12.9. The molecule has 7 heteroatoms. The van der Waals surface area contributed by atoms with Gasteiger partial charge in [0.15, 0.2) is 0 Å². The second-order valence-electron chi connectivity index (χ2n) is 6.72. The van der Waals surface area contributed by atoms with Crippen LogP contribution in [0.25, 0.3) is 0 Å². The van der Waals surface area contributed by atoms with Gasteiger partial charge in [-0.05, 0) is 49.1 Å². The van der Waals surface area contributed by atoms with E-state index in [0.29, 0.717) is 0 Å². The fourth-order valence-corrected chi connectivity index (χ4v) is 3.59. The van der Waals surface area contributed by atoms with Gasteiger partial charge >= 0.3 is 6.18 Å². The Kier molecular flexibility index (Phi) is 4.08. The molecule has 126 valence electrons. The first-order chi connectivity index (χ1) is 10.8. The Morgan fingerprint density at radius 2 is 2.04 bits per heavy atom. The molecule has 23 heavy (non-hydrogen) atoms. The third-order valence-corrected chi connectivity index (χ3v) is 5.16. The number of amides is 1. The summed E-state index contributed by atoms with van der Waals surface area (Å²) in [7, 11) is 0. The van der Waals surface area contributed by atoms with Gasteiger partial charge in [0.2, 0.25) is 5.91 Å². The average Bonchev–Trinajstić information content (AvgIpc) is 3.10. The zero-order valence-electron chi connectivity index (χ0n) is 12.7. The summed E-state index contributed by atoms with van der Waals surface area (Å²) in [6.45, 7) is 0. The number of nitrogens with two attached hydrogens (primary N) is 1. The molecule has 0 radical (unpaired) electrons. The van der Waals surface area contributed by atoms with Crippen LogP contribution in [0, 0.1) is 5.41 Å². The summed E-state index contributed by atoms with van der Waals surface area (Å²) in [6.07, 6.45) is 2.14. The maximum absolute atomic E-state index is 12.9. The summed E-state index contributed by atoms with van der Waals surface area (Å²) in [5.41, 5.74) is 5.32. The van der Waals surface area contributed by atoms with E-state index >= 15 is 0 Å². The third kappa shape index (κ3) is 3.49. The first kappa shape index (κ1) is 16.2.